The lowest BCUT2D eigenvalue weighted by Crippen LogP contribution is -2.26. The van der Waals surface area contributed by atoms with Crippen LogP contribution in [0.1, 0.15) is 48.1 Å². The van der Waals surface area contributed by atoms with Gasteiger partial charge >= 0.3 is 0 Å². The number of halogens is 1. The van der Waals surface area contributed by atoms with Crippen LogP contribution in [-0.2, 0) is 12.0 Å². The Morgan fingerprint density at radius 1 is 1.11 bits per heavy atom. The minimum absolute atomic E-state index is 0.0822. The number of benzene rings is 2. The van der Waals surface area contributed by atoms with Crippen LogP contribution in [0, 0.1) is 6.92 Å². The van der Waals surface area contributed by atoms with E-state index in [2.05, 4.69) is 43.1 Å². The number of aryl methyl sites for hydroxylation is 1. The highest BCUT2D eigenvalue weighted by Crippen LogP contribution is 2.26. The van der Waals surface area contributed by atoms with Gasteiger partial charge < -0.3 is 9.32 Å². The van der Waals surface area contributed by atoms with Crippen LogP contribution in [0.5, 0.6) is 0 Å². The Morgan fingerprint density at radius 2 is 1.79 bits per heavy atom. The van der Waals surface area contributed by atoms with Crippen LogP contribution in [0.25, 0.3) is 11.5 Å². The van der Waals surface area contributed by atoms with Gasteiger partial charge in [0, 0.05) is 12.6 Å². The number of hydrogen-bond acceptors (Lipinski definition) is 4. The summed E-state index contributed by atoms with van der Waals surface area (Å²) in [7, 11) is 1.68. The molecule has 1 aromatic heterocycles. The van der Waals surface area contributed by atoms with E-state index in [1.54, 1.807) is 19.2 Å². The molecular weight excluding hydrogens is 374 g/mol. The number of carbonyl (C=O) groups is 1. The molecular formula is C22H24ClN3O2. The van der Waals surface area contributed by atoms with E-state index in [1.807, 2.05) is 25.1 Å². The third-order valence-electron chi connectivity index (χ3n) is 4.54. The molecule has 5 nitrogen and oxygen atoms in total. The van der Waals surface area contributed by atoms with Crippen LogP contribution in [0.3, 0.4) is 0 Å². The monoisotopic (exact) mass is 397 g/mol. The molecule has 2 aromatic carbocycles. The van der Waals surface area contributed by atoms with Crippen molar-refractivity contribution in [3.8, 4) is 11.5 Å². The van der Waals surface area contributed by atoms with Gasteiger partial charge in [-0.1, -0.05) is 50.6 Å². The molecule has 0 atom stereocenters. The normalized spacial score (nSPS) is 11.5. The molecule has 0 spiro atoms. The number of nitrogens with zero attached hydrogens (tertiary/aromatic N) is 3. The van der Waals surface area contributed by atoms with Gasteiger partial charge in [-0.2, -0.15) is 0 Å². The molecule has 6 heteroatoms. The van der Waals surface area contributed by atoms with E-state index in [9.17, 15) is 4.79 Å². The third-order valence-corrected chi connectivity index (χ3v) is 4.85. The molecule has 0 saturated carbocycles. The van der Waals surface area contributed by atoms with Crippen molar-refractivity contribution in [3.05, 3.63) is 70.1 Å². The van der Waals surface area contributed by atoms with E-state index >= 15 is 0 Å². The van der Waals surface area contributed by atoms with E-state index in [1.165, 1.54) is 10.5 Å². The van der Waals surface area contributed by atoms with Crippen LogP contribution < -0.4 is 0 Å². The summed E-state index contributed by atoms with van der Waals surface area (Å²) in [5, 5.41) is 8.62. The fourth-order valence-electron chi connectivity index (χ4n) is 2.82. The van der Waals surface area contributed by atoms with E-state index in [0.29, 0.717) is 22.4 Å². The van der Waals surface area contributed by atoms with Gasteiger partial charge in [0.1, 0.15) is 0 Å². The smallest absolute Gasteiger partial charge is 0.255 e. The Bertz CT molecular complexity index is 988. The van der Waals surface area contributed by atoms with E-state index in [4.69, 9.17) is 16.0 Å². The first-order valence-electron chi connectivity index (χ1n) is 9.10. The van der Waals surface area contributed by atoms with E-state index in [-0.39, 0.29) is 17.9 Å². The molecule has 3 rings (SSSR count). The highest BCUT2D eigenvalue weighted by Gasteiger charge is 2.19. The average molecular weight is 398 g/mol. The van der Waals surface area contributed by atoms with Gasteiger partial charge in [0.25, 0.3) is 5.91 Å². The van der Waals surface area contributed by atoms with E-state index < -0.39 is 0 Å². The zero-order chi connectivity index (χ0) is 20.5. The Morgan fingerprint density at radius 3 is 2.39 bits per heavy atom. The molecule has 0 aliphatic heterocycles. The highest BCUT2D eigenvalue weighted by atomic mass is 35.5. The fourth-order valence-corrected chi connectivity index (χ4v) is 3.14. The summed E-state index contributed by atoms with van der Waals surface area (Å²) >= 11 is 6.20. The molecule has 0 unspecified atom stereocenters. The number of hydrogen-bond donors (Lipinski definition) is 0. The molecule has 0 saturated heterocycles. The first kappa shape index (κ1) is 20.1. The molecule has 0 bridgehead atoms. The van der Waals surface area contributed by atoms with Gasteiger partial charge in [0.05, 0.1) is 17.1 Å². The summed E-state index contributed by atoms with van der Waals surface area (Å²) in [4.78, 5) is 14.2. The van der Waals surface area contributed by atoms with Crippen molar-refractivity contribution in [3.63, 3.8) is 0 Å². The molecule has 0 N–H and O–H groups in total. The van der Waals surface area contributed by atoms with Crippen molar-refractivity contribution in [2.24, 2.45) is 0 Å². The van der Waals surface area contributed by atoms with E-state index in [0.717, 1.165) is 11.1 Å². The lowest BCUT2D eigenvalue weighted by Gasteiger charge is -2.18. The predicted octanol–water partition coefficient (Wildman–Crippen LogP) is 5.27. The molecule has 0 aliphatic rings. The Labute approximate surface area is 170 Å². The number of amides is 1. The molecule has 146 valence electrons. The zero-order valence-corrected chi connectivity index (χ0v) is 17.5. The average Bonchev–Trinajstić information content (AvgIpc) is 3.09. The van der Waals surface area contributed by atoms with Crippen LogP contribution in [0.2, 0.25) is 5.02 Å². The predicted molar refractivity (Wildman–Crippen MR) is 110 cm³/mol. The molecule has 1 heterocycles. The maximum Gasteiger partial charge on any atom is 0.255 e. The number of rotatable bonds is 4. The second-order valence-electron chi connectivity index (χ2n) is 7.97. The summed E-state index contributed by atoms with van der Waals surface area (Å²) in [5.74, 6) is 0.609. The van der Waals surface area contributed by atoms with Crippen molar-refractivity contribution in [1.29, 1.82) is 0 Å². The fraction of sp³-hybridized carbons (Fsp3) is 0.318. The molecule has 0 aliphatic carbocycles. The molecule has 28 heavy (non-hydrogen) atoms. The molecule has 3 aromatic rings. The minimum Gasteiger partial charge on any atom is -0.419 e. The van der Waals surface area contributed by atoms with Crippen LogP contribution in [-0.4, -0.2) is 28.1 Å². The Kier molecular flexibility index (Phi) is 5.57. The van der Waals surface area contributed by atoms with Gasteiger partial charge in [0.2, 0.25) is 11.8 Å². The maximum atomic E-state index is 12.6. The van der Waals surface area contributed by atoms with Crippen molar-refractivity contribution >= 4 is 17.5 Å². The second-order valence-corrected chi connectivity index (χ2v) is 8.38. The first-order chi connectivity index (χ1) is 13.1. The quantitative estimate of drug-likeness (QED) is 0.601. The van der Waals surface area contributed by atoms with Gasteiger partial charge in [-0.3, -0.25) is 4.79 Å². The third kappa shape index (κ3) is 4.42. The van der Waals surface area contributed by atoms with Crippen LogP contribution in [0.4, 0.5) is 0 Å². The van der Waals surface area contributed by atoms with Gasteiger partial charge in [0.15, 0.2) is 0 Å². The first-order valence-corrected chi connectivity index (χ1v) is 9.48. The Hall–Kier alpha value is -2.66. The van der Waals surface area contributed by atoms with Crippen molar-refractivity contribution < 1.29 is 9.21 Å². The highest BCUT2D eigenvalue weighted by molar-refractivity contribution is 6.33. The Balaban J connectivity index is 1.72. The minimum atomic E-state index is -0.195. The van der Waals surface area contributed by atoms with Gasteiger partial charge in [-0.15, -0.1) is 10.2 Å². The van der Waals surface area contributed by atoms with Crippen molar-refractivity contribution in [1.82, 2.24) is 15.1 Å². The number of aromatic nitrogens is 2. The molecule has 1 amide bonds. The summed E-state index contributed by atoms with van der Waals surface area (Å²) in [6, 6.07) is 13.4. The summed E-state index contributed by atoms with van der Waals surface area (Å²) in [6.45, 7) is 8.63. The number of carbonyl (C=O) groups excluding carboxylic acids is 1. The SMILES string of the molecule is Cc1ccc(C(=O)N(C)Cc2nnc(-c3ccc(C(C)(C)C)cc3)o2)c(Cl)c1. The van der Waals surface area contributed by atoms with Gasteiger partial charge in [-0.05, 0) is 47.7 Å². The van der Waals surface area contributed by atoms with Crippen molar-refractivity contribution in [2.75, 3.05) is 7.05 Å². The van der Waals surface area contributed by atoms with Crippen LogP contribution >= 0.6 is 11.6 Å². The lowest BCUT2D eigenvalue weighted by molar-refractivity contribution is 0.0773. The van der Waals surface area contributed by atoms with Crippen LogP contribution in [0.15, 0.2) is 46.9 Å². The summed E-state index contributed by atoms with van der Waals surface area (Å²) in [6.07, 6.45) is 0. The standard InChI is InChI=1S/C22H24ClN3O2/c1-14-6-11-17(18(23)12-14)21(27)26(5)13-19-24-25-20(28-19)15-7-9-16(10-8-15)22(2,3)4/h6-12H,13H2,1-5H3. The second kappa shape index (κ2) is 7.76. The van der Waals surface area contributed by atoms with Gasteiger partial charge in [-0.25, -0.2) is 0 Å². The molecule has 0 radical (unpaired) electrons. The topological polar surface area (TPSA) is 59.2 Å². The lowest BCUT2D eigenvalue weighted by atomic mass is 9.87. The zero-order valence-electron chi connectivity index (χ0n) is 16.8. The molecule has 0 fully saturated rings. The summed E-state index contributed by atoms with van der Waals surface area (Å²) < 4.78 is 5.75. The van der Waals surface area contributed by atoms with Crippen molar-refractivity contribution in [2.45, 2.75) is 39.7 Å². The summed E-state index contributed by atoms with van der Waals surface area (Å²) in [5.41, 5.74) is 3.62. The largest absolute Gasteiger partial charge is 0.419 e. The maximum absolute atomic E-state index is 12.6.